The van der Waals surface area contributed by atoms with Gasteiger partial charge in [0.15, 0.2) is 5.82 Å². The number of carbonyl (C=O) groups excluding carboxylic acids is 1. The monoisotopic (exact) mass is 411 g/mol. The lowest BCUT2D eigenvalue weighted by molar-refractivity contribution is 0.100. The molecule has 1 aliphatic rings. The summed E-state index contributed by atoms with van der Waals surface area (Å²) in [5.41, 5.74) is 8.84. The van der Waals surface area contributed by atoms with Crippen LogP contribution in [0, 0.1) is 0 Å². The number of benzene rings is 1. The fourth-order valence-corrected chi connectivity index (χ4v) is 3.83. The van der Waals surface area contributed by atoms with E-state index in [0.717, 1.165) is 41.8 Å². The van der Waals surface area contributed by atoms with E-state index in [-0.39, 0.29) is 0 Å². The quantitative estimate of drug-likeness (QED) is 0.462. The zero-order valence-electron chi connectivity index (χ0n) is 16.7. The summed E-state index contributed by atoms with van der Waals surface area (Å²) in [5, 5.41) is 7.84. The van der Waals surface area contributed by atoms with Gasteiger partial charge < -0.3 is 16.4 Å². The number of rotatable bonds is 5. The predicted octanol–water partition coefficient (Wildman–Crippen LogP) is 2.63. The summed E-state index contributed by atoms with van der Waals surface area (Å²) in [6.07, 6.45) is 6.21. The van der Waals surface area contributed by atoms with Gasteiger partial charge >= 0.3 is 0 Å². The topological polar surface area (TPSA) is 119 Å². The molecule has 0 saturated carbocycles. The third-order valence-electron chi connectivity index (χ3n) is 5.39. The summed E-state index contributed by atoms with van der Waals surface area (Å²) in [4.78, 5) is 30.1. The fraction of sp³-hybridized carbons (Fsp3) is 0.174. The summed E-state index contributed by atoms with van der Waals surface area (Å²) in [7, 11) is 0. The van der Waals surface area contributed by atoms with Crippen LogP contribution in [-0.2, 0) is 0 Å². The molecule has 1 atom stereocenters. The van der Waals surface area contributed by atoms with Crippen LogP contribution in [0.3, 0.4) is 0 Å². The molecule has 0 unspecified atom stereocenters. The first-order chi connectivity index (χ1) is 15.2. The Balaban J connectivity index is 1.60. The molecule has 5 rings (SSSR count). The number of aromatic nitrogens is 4. The lowest BCUT2D eigenvalue weighted by Crippen LogP contribution is -2.23. The van der Waals surface area contributed by atoms with Crippen LogP contribution in [0.5, 0.6) is 0 Å². The zero-order chi connectivity index (χ0) is 21.2. The molecule has 1 aliphatic heterocycles. The highest BCUT2D eigenvalue weighted by molar-refractivity contribution is 5.99. The summed E-state index contributed by atoms with van der Waals surface area (Å²) >= 11 is 0. The maximum absolute atomic E-state index is 11.9. The molecule has 4 N–H and O–H groups in total. The Bertz CT molecular complexity index is 1270. The van der Waals surface area contributed by atoms with Crippen LogP contribution in [0.15, 0.2) is 61.1 Å². The highest BCUT2D eigenvalue weighted by Gasteiger charge is 2.18. The van der Waals surface area contributed by atoms with Crippen LogP contribution in [-0.4, -0.2) is 45.0 Å². The normalized spacial score (nSPS) is 15.8. The van der Waals surface area contributed by atoms with Gasteiger partial charge in [-0.2, -0.15) is 0 Å². The number of anilines is 1. The molecule has 1 fully saturated rings. The molecule has 0 spiro atoms. The Kier molecular flexibility index (Phi) is 4.97. The molecule has 8 heteroatoms. The molecule has 1 amide bonds. The zero-order valence-corrected chi connectivity index (χ0v) is 16.7. The Hall–Kier alpha value is -3.91. The molecule has 0 radical (unpaired) electrons. The predicted molar refractivity (Wildman–Crippen MR) is 119 cm³/mol. The molecule has 0 bridgehead atoms. The van der Waals surface area contributed by atoms with Gasteiger partial charge in [0.25, 0.3) is 0 Å². The Labute approximate surface area is 179 Å². The standard InChI is InChI=1S/C23H21N7O/c24-21(31)17-4-2-1-3-16(17)19-11-14(5-10-27-19)22-29-20-13-26-9-7-18(20)23(30-22)28-15-6-8-25-12-15/h1-5,7,9-11,13,15,25H,6,8,12H2,(H2,24,31)(H,28,29,30)/t15-/m1/s1. The highest BCUT2D eigenvalue weighted by Crippen LogP contribution is 2.28. The molecule has 4 aromatic rings. The van der Waals surface area contributed by atoms with Crippen molar-refractivity contribution in [1.29, 1.82) is 0 Å². The molecule has 4 heterocycles. The first-order valence-corrected chi connectivity index (χ1v) is 10.1. The first-order valence-electron chi connectivity index (χ1n) is 10.1. The van der Waals surface area contributed by atoms with Crippen molar-refractivity contribution in [2.75, 3.05) is 18.4 Å². The summed E-state index contributed by atoms with van der Waals surface area (Å²) in [6, 6.07) is 13.1. The van der Waals surface area contributed by atoms with Crippen LogP contribution in [0.25, 0.3) is 33.5 Å². The van der Waals surface area contributed by atoms with Crippen LogP contribution < -0.4 is 16.4 Å². The largest absolute Gasteiger partial charge is 0.366 e. The van der Waals surface area contributed by atoms with Crippen molar-refractivity contribution in [2.45, 2.75) is 12.5 Å². The molecule has 8 nitrogen and oxygen atoms in total. The number of amides is 1. The van der Waals surface area contributed by atoms with Crippen molar-refractivity contribution in [3.8, 4) is 22.6 Å². The van der Waals surface area contributed by atoms with Gasteiger partial charge in [-0.25, -0.2) is 9.97 Å². The number of pyridine rings is 2. The van der Waals surface area contributed by atoms with Crippen molar-refractivity contribution < 1.29 is 4.79 Å². The van der Waals surface area contributed by atoms with Gasteiger partial charge in [-0.3, -0.25) is 14.8 Å². The van der Waals surface area contributed by atoms with E-state index in [1.54, 1.807) is 30.7 Å². The van der Waals surface area contributed by atoms with Crippen molar-refractivity contribution in [1.82, 2.24) is 25.3 Å². The lowest BCUT2D eigenvalue weighted by Gasteiger charge is -2.15. The highest BCUT2D eigenvalue weighted by atomic mass is 16.1. The van der Waals surface area contributed by atoms with Gasteiger partial charge in [0.2, 0.25) is 5.91 Å². The second kappa shape index (κ2) is 8.08. The van der Waals surface area contributed by atoms with E-state index in [1.165, 1.54) is 0 Å². The number of primary amides is 1. The van der Waals surface area contributed by atoms with Gasteiger partial charge in [-0.15, -0.1) is 0 Å². The third kappa shape index (κ3) is 3.80. The number of carbonyl (C=O) groups is 1. The smallest absolute Gasteiger partial charge is 0.249 e. The van der Waals surface area contributed by atoms with Crippen LogP contribution >= 0.6 is 0 Å². The number of nitrogens with zero attached hydrogens (tertiary/aromatic N) is 4. The molecule has 154 valence electrons. The van der Waals surface area contributed by atoms with Crippen molar-refractivity contribution in [3.05, 3.63) is 66.6 Å². The van der Waals surface area contributed by atoms with Gasteiger partial charge in [-0.05, 0) is 37.2 Å². The molecule has 3 aromatic heterocycles. The molecular formula is C23H21N7O. The molecule has 1 saturated heterocycles. The molecule has 1 aromatic carbocycles. The molecule has 31 heavy (non-hydrogen) atoms. The second-order valence-electron chi connectivity index (χ2n) is 7.46. The lowest BCUT2D eigenvalue weighted by atomic mass is 10.0. The summed E-state index contributed by atoms with van der Waals surface area (Å²) < 4.78 is 0. The van der Waals surface area contributed by atoms with Crippen molar-refractivity contribution >= 4 is 22.6 Å². The number of nitrogens with one attached hydrogen (secondary N) is 2. The maximum Gasteiger partial charge on any atom is 0.249 e. The summed E-state index contributed by atoms with van der Waals surface area (Å²) in [6.45, 7) is 1.89. The number of nitrogens with two attached hydrogens (primary N) is 1. The minimum absolute atomic E-state index is 0.314. The van der Waals surface area contributed by atoms with Gasteiger partial charge in [0, 0.05) is 47.1 Å². The Morgan fingerprint density at radius 3 is 2.87 bits per heavy atom. The van der Waals surface area contributed by atoms with E-state index < -0.39 is 5.91 Å². The number of fused-ring (bicyclic) bond motifs is 1. The van der Waals surface area contributed by atoms with Crippen LogP contribution in [0.2, 0.25) is 0 Å². The van der Waals surface area contributed by atoms with E-state index in [1.807, 2.05) is 30.3 Å². The minimum atomic E-state index is -0.493. The third-order valence-corrected chi connectivity index (χ3v) is 5.39. The van der Waals surface area contributed by atoms with Gasteiger partial charge in [0.1, 0.15) is 5.82 Å². The second-order valence-corrected chi connectivity index (χ2v) is 7.46. The van der Waals surface area contributed by atoms with Gasteiger partial charge in [-0.1, -0.05) is 18.2 Å². The Morgan fingerprint density at radius 2 is 2.03 bits per heavy atom. The van der Waals surface area contributed by atoms with E-state index in [0.29, 0.717) is 28.7 Å². The number of hydrogen-bond acceptors (Lipinski definition) is 7. The number of hydrogen-bond donors (Lipinski definition) is 3. The Morgan fingerprint density at radius 1 is 1.13 bits per heavy atom. The van der Waals surface area contributed by atoms with Crippen LogP contribution in [0.1, 0.15) is 16.8 Å². The van der Waals surface area contributed by atoms with E-state index in [2.05, 4.69) is 20.6 Å². The molecule has 0 aliphatic carbocycles. The minimum Gasteiger partial charge on any atom is -0.366 e. The van der Waals surface area contributed by atoms with E-state index in [9.17, 15) is 4.79 Å². The summed E-state index contributed by atoms with van der Waals surface area (Å²) in [5.74, 6) is 0.855. The fourth-order valence-electron chi connectivity index (χ4n) is 3.83. The van der Waals surface area contributed by atoms with Gasteiger partial charge in [0.05, 0.1) is 17.4 Å². The van der Waals surface area contributed by atoms with Crippen LogP contribution in [0.4, 0.5) is 5.82 Å². The van der Waals surface area contributed by atoms with E-state index >= 15 is 0 Å². The maximum atomic E-state index is 11.9. The van der Waals surface area contributed by atoms with Crippen molar-refractivity contribution in [2.24, 2.45) is 5.73 Å². The first kappa shape index (κ1) is 19.1. The molecular weight excluding hydrogens is 390 g/mol. The average Bonchev–Trinajstić information content (AvgIpc) is 3.32. The van der Waals surface area contributed by atoms with Crippen molar-refractivity contribution in [3.63, 3.8) is 0 Å². The SMILES string of the molecule is NC(=O)c1ccccc1-c1cc(-c2nc(N[C@@H]3CCNC3)c3ccncc3n2)ccn1. The average molecular weight is 411 g/mol. The van der Waals surface area contributed by atoms with E-state index in [4.69, 9.17) is 15.7 Å².